The molecule has 0 amide bonds. The van der Waals surface area contributed by atoms with Crippen LogP contribution in [0.1, 0.15) is 26.2 Å². The summed E-state index contributed by atoms with van der Waals surface area (Å²) in [7, 11) is 0. The van der Waals surface area contributed by atoms with Crippen LogP contribution in [0.4, 0.5) is 0 Å². The molecule has 88 valence electrons. The van der Waals surface area contributed by atoms with E-state index in [1.807, 2.05) is 0 Å². The minimum absolute atomic E-state index is 0.814. The number of nitrogens with one attached hydrogen (secondary N) is 1. The van der Waals surface area contributed by atoms with Crippen LogP contribution in [0.15, 0.2) is 0 Å². The highest BCUT2D eigenvalue weighted by atomic mass is 32.2. The van der Waals surface area contributed by atoms with E-state index in [-0.39, 0.29) is 0 Å². The van der Waals surface area contributed by atoms with Crippen molar-refractivity contribution in [2.45, 2.75) is 32.2 Å². The van der Waals surface area contributed by atoms with Gasteiger partial charge in [-0.3, -0.25) is 0 Å². The standard InChI is InChI=1S/C12H24N2S/c1-11(9-13-12-3-4-12)10-14-5-2-7-15-8-6-14/h11-13H,2-10H2,1H3. The number of hydrogen-bond donors (Lipinski definition) is 1. The van der Waals surface area contributed by atoms with Crippen molar-refractivity contribution in [1.82, 2.24) is 10.2 Å². The summed E-state index contributed by atoms with van der Waals surface area (Å²) in [6.45, 7) is 7.52. The van der Waals surface area contributed by atoms with Crippen LogP contribution in [0.3, 0.4) is 0 Å². The lowest BCUT2D eigenvalue weighted by molar-refractivity contribution is 0.251. The van der Waals surface area contributed by atoms with Gasteiger partial charge in [0.25, 0.3) is 0 Å². The normalized spacial score (nSPS) is 26.2. The highest BCUT2D eigenvalue weighted by Crippen LogP contribution is 2.19. The molecule has 2 rings (SSSR count). The van der Waals surface area contributed by atoms with Crippen LogP contribution in [0.2, 0.25) is 0 Å². The average molecular weight is 228 g/mol. The summed E-state index contributed by atoms with van der Waals surface area (Å²) in [6, 6.07) is 0.868. The molecule has 2 aliphatic rings. The fourth-order valence-electron chi connectivity index (χ4n) is 2.14. The Morgan fingerprint density at radius 2 is 2.20 bits per heavy atom. The summed E-state index contributed by atoms with van der Waals surface area (Å²) in [6.07, 6.45) is 4.20. The van der Waals surface area contributed by atoms with Gasteiger partial charge in [-0.05, 0) is 44.0 Å². The van der Waals surface area contributed by atoms with Gasteiger partial charge in [0.1, 0.15) is 0 Å². The molecule has 0 aromatic carbocycles. The van der Waals surface area contributed by atoms with Crippen LogP contribution in [-0.2, 0) is 0 Å². The third kappa shape index (κ3) is 4.75. The maximum absolute atomic E-state index is 3.63. The lowest BCUT2D eigenvalue weighted by atomic mass is 10.1. The molecular formula is C12H24N2S. The molecule has 0 aromatic heterocycles. The Morgan fingerprint density at radius 3 is 3.00 bits per heavy atom. The summed E-state index contributed by atoms with van der Waals surface area (Å²) in [5.41, 5.74) is 0. The quantitative estimate of drug-likeness (QED) is 0.773. The monoisotopic (exact) mass is 228 g/mol. The predicted octanol–water partition coefficient (Wildman–Crippen LogP) is 1.81. The van der Waals surface area contributed by atoms with E-state index in [1.54, 1.807) is 0 Å². The molecule has 3 heteroatoms. The van der Waals surface area contributed by atoms with Crippen molar-refractivity contribution in [3.8, 4) is 0 Å². The summed E-state index contributed by atoms with van der Waals surface area (Å²) in [5, 5.41) is 3.63. The molecule has 0 aromatic rings. The van der Waals surface area contributed by atoms with Gasteiger partial charge in [-0.25, -0.2) is 0 Å². The molecule has 0 bridgehead atoms. The second-order valence-electron chi connectivity index (χ2n) is 5.05. The summed E-state index contributed by atoms with van der Waals surface area (Å²) >= 11 is 2.12. The Balaban J connectivity index is 1.60. The van der Waals surface area contributed by atoms with Crippen molar-refractivity contribution in [2.75, 3.05) is 37.7 Å². The molecule has 1 unspecified atom stereocenters. The zero-order chi connectivity index (χ0) is 10.5. The van der Waals surface area contributed by atoms with Gasteiger partial charge < -0.3 is 10.2 Å². The van der Waals surface area contributed by atoms with E-state index in [2.05, 4.69) is 28.9 Å². The van der Waals surface area contributed by atoms with Gasteiger partial charge in [-0.15, -0.1) is 0 Å². The van der Waals surface area contributed by atoms with Crippen molar-refractivity contribution >= 4 is 11.8 Å². The fraction of sp³-hybridized carbons (Fsp3) is 1.00. The van der Waals surface area contributed by atoms with Crippen molar-refractivity contribution in [2.24, 2.45) is 5.92 Å². The van der Waals surface area contributed by atoms with Crippen LogP contribution < -0.4 is 5.32 Å². The first-order valence-electron chi connectivity index (χ1n) is 6.38. The van der Waals surface area contributed by atoms with Crippen molar-refractivity contribution in [1.29, 1.82) is 0 Å². The summed E-state index contributed by atoms with van der Waals surface area (Å²) in [4.78, 5) is 2.65. The van der Waals surface area contributed by atoms with Crippen LogP contribution in [-0.4, -0.2) is 48.6 Å². The van der Waals surface area contributed by atoms with E-state index >= 15 is 0 Å². The summed E-state index contributed by atoms with van der Waals surface area (Å²) < 4.78 is 0. The molecule has 1 aliphatic carbocycles. The fourth-order valence-corrected chi connectivity index (χ4v) is 3.07. The smallest absolute Gasteiger partial charge is 0.00725 e. The molecule has 0 spiro atoms. The first-order chi connectivity index (χ1) is 7.34. The van der Waals surface area contributed by atoms with E-state index in [4.69, 9.17) is 0 Å². The third-order valence-corrected chi connectivity index (χ3v) is 4.27. The van der Waals surface area contributed by atoms with Crippen LogP contribution in [0.25, 0.3) is 0 Å². The molecule has 1 atom stereocenters. The lowest BCUT2D eigenvalue weighted by Gasteiger charge is -2.23. The first kappa shape index (κ1) is 11.7. The van der Waals surface area contributed by atoms with Gasteiger partial charge in [0.05, 0.1) is 0 Å². The topological polar surface area (TPSA) is 15.3 Å². The number of thioether (sulfide) groups is 1. The number of hydrogen-bond acceptors (Lipinski definition) is 3. The maximum atomic E-state index is 3.63. The van der Waals surface area contributed by atoms with Crippen LogP contribution in [0, 0.1) is 5.92 Å². The SMILES string of the molecule is CC(CNC1CC1)CN1CCCSCC1. The zero-order valence-corrected chi connectivity index (χ0v) is 10.7. The average Bonchev–Trinajstić information content (AvgIpc) is 3.03. The molecule has 0 radical (unpaired) electrons. The van der Waals surface area contributed by atoms with Crippen LogP contribution in [0.5, 0.6) is 0 Å². The largest absolute Gasteiger partial charge is 0.314 e. The van der Waals surface area contributed by atoms with E-state index in [9.17, 15) is 0 Å². The Morgan fingerprint density at radius 1 is 1.33 bits per heavy atom. The van der Waals surface area contributed by atoms with Gasteiger partial charge >= 0.3 is 0 Å². The van der Waals surface area contributed by atoms with E-state index < -0.39 is 0 Å². The Labute approximate surface area is 98.2 Å². The van der Waals surface area contributed by atoms with E-state index in [0.29, 0.717) is 0 Å². The predicted molar refractivity (Wildman–Crippen MR) is 68.6 cm³/mol. The van der Waals surface area contributed by atoms with E-state index in [0.717, 1.165) is 12.0 Å². The lowest BCUT2D eigenvalue weighted by Crippen LogP contribution is -2.35. The van der Waals surface area contributed by atoms with Crippen molar-refractivity contribution in [3.63, 3.8) is 0 Å². The highest BCUT2D eigenvalue weighted by molar-refractivity contribution is 7.99. The Bertz CT molecular complexity index is 174. The van der Waals surface area contributed by atoms with Gasteiger partial charge in [-0.2, -0.15) is 11.8 Å². The minimum atomic E-state index is 0.814. The molecule has 1 saturated heterocycles. The third-order valence-electron chi connectivity index (χ3n) is 3.22. The highest BCUT2D eigenvalue weighted by Gasteiger charge is 2.21. The molecule has 1 heterocycles. The van der Waals surface area contributed by atoms with Gasteiger partial charge in [0.15, 0.2) is 0 Å². The van der Waals surface area contributed by atoms with Gasteiger partial charge in [0.2, 0.25) is 0 Å². The Hall–Kier alpha value is 0.270. The molecule has 1 saturated carbocycles. The van der Waals surface area contributed by atoms with Crippen molar-refractivity contribution < 1.29 is 0 Å². The molecule has 1 aliphatic heterocycles. The molecule has 2 fully saturated rings. The Kier molecular flexibility index (Phi) is 4.79. The van der Waals surface area contributed by atoms with E-state index in [1.165, 1.54) is 56.9 Å². The van der Waals surface area contributed by atoms with Gasteiger partial charge in [-0.1, -0.05) is 6.92 Å². The van der Waals surface area contributed by atoms with Crippen LogP contribution >= 0.6 is 11.8 Å². The van der Waals surface area contributed by atoms with Crippen molar-refractivity contribution in [3.05, 3.63) is 0 Å². The molecule has 15 heavy (non-hydrogen) atoms. The number of nitrogens with zero attached hydrogens (tertiary/aromatic N) is 1. The summed E-state index contributed by atoms with van der Waals surface area (Å²) in [5.74, 6) is 3.52. The molecule has 2 nitrogen and oxygen atoms in total. The number of rotatable bonds is 5. The maximum Gasteiger partial charge on any atom is 0.00725 e. The second kappa shape index (κ2) is 6.12. The molecule has 1 N–H and O–H groups in total. The second-order valence-corrected chi connectivity index (χ2v) is 6.28. The minimum Gasteiger partial charge on any atom is -0.314 e. The molecular weight excluding hydrogens is 204 g/mol. The van der Waals surface area contributed by atoms with Gasteiger partial charge in [0, 0.05) is 24.9 Å². The first-order valence-corrected chi connectivity index (χ1v) is 7.53. The zero-order valence-electron chi connectivity index (χ0n) is 9.87.